The second kappa shape index (κ2) is 4.47. The molecule has 3 aliphatic rings. The van der Waals surface area contributed by atoms with E-state index in [1.807, 2.05) is 0 Å². The van der Waals surface area contributed by atoms with Gasteiger partial charge in [0, 0.05) is 6.54 Å². The monoisotopic (exact) mass is 266 g/mol. The molecular weight excluding hydrogens is 244 g/mol. The van der Waals surface area contributed by atoms with Gasteiger partial charge in [-0.3, -0.25) is 9.59 Å². The second-order valence-corrected chi connectivity index (χ2v) is 6.58. The molecule has 0 aromatic carbocycles. The number of carbonyl (C=O) groups excluding carboxylic acids is 2. The first-order valence-electron chi connectivity index (χ1n) is 7.21. The maximum Gasteiger partial charge on any atom is 0.243 e. The normalized spacial score (nSPS) is 34.5. The van der Waals surface area contributed by atoms with E-state index in [1.54, 1.807) is 4.90 Å². The molecule has 1 aliphatic carbocycles. The van der Waals surface area contributed by atoms with Crippen LogP contribution in [-0.2, 0) is 14.3 Å². The molecule has 5 heteroatoms. The lowest BCUT2D eigenvalue weighted by Crippen LogP contribution is -2.60. The predicted molar refractivity (Wildman–Crippen MR) is 69.4 cm³/mol. The summed E-state index contributed by atoms with van der Waals surface area (Å²) in [6.45, 7) is 4.86. The summed E-state index contributed by atoms with van der Waals surface area (Å²) < 4.78 is 5.96. The number of piperazine rings is 1. The molecule has 2 atom stereocenters. The first-order chi connectivity index (χ1) is 8.96. The lowest BCUT2D eigenvalue weighted by molar-refractivity contribution is -0.149. The minimum absolute atomic E-state index is 0.0133. The summed E-state index contributed by atoms with van der Waals surface area (Å²) in [5.74, 6) is 0.405. The van der Waals surface area contributed by atoms with Crippen molar-refractivity contribution < 1.29 is 14.3 Å². The van der Waals surface area contributed by atoms with Gasteiger partial charge in [0.1, 0.15) is 6.04 Å². The minimum Gasteiger partial charge on any atom is -0.371 e. The number of carbonyl (C=O) groups is 2. The fourth-order valence-corrected chi connectivity index (χ4v) is 3.19. The summed E-state index contributed by atoms with van der Waals surface area (Å²) in [7, 11) is 0. The van der Waals surface area contributed by atoms with E-state index in [2.05, 4.69) is 19.2 Å². The van der Waals surface area contributed by atoms with Crippen molar-refractivity contribution in [1.82, 2.24) is 10.2 Å². The Morgan fingerprint density at radius 1 is 1.32 bits per heavy atom. The quantitative estimate of drug-likeness (QED) is 0.817. The number of nitrogens with zero attached hydrogens (tertiary/aromatic N) is 1. The summed E-state index contributed by atoms with van der Waals surface area (Å²) in [6, 6.07) is -0.256. The van der Waals surface area contributed by atoms with Crippen LogP contribution in [0.25, 0.3) is 0 Å². The third-order valence-electron chi connectivity index (χ3n) is 4.36. The number of rotatable bonds is 3. The van der Waals surface area contributed by atoms with E-state index in [-0.39, 0.29) is 36.1 Å². The van der Waals surface area contributed by atoms with Crippen molar-refractivity contribution >= 4 is 11.8 Å². The summed E-state index contributed by atoms with van der Waals surface area (Å²) >= 11 is 0. The Morgan fingerprint density at radius 2 is 2.05 bits per heavy atom. The number of hydrogen-bond acceptors (Lipinski definition) is 3. The predicted octanol–water partition coefficient (Wildman–Crippen LogP) is 0.681. The molecule has 3 rings (SSSR count). The Bertz CT molecular complexity index is 403. The highest BCUT2D eigenvalue weighted by atomic mass is 16.5. The van der Waals surface area contributed by atoms with Crippen LogP contribution in [0.5, 0.6) is 0 Å². The van der Waals surface area contributed by atoms with Crippen molar-refractivity contribution in [2.75, 3.05) is 13.1 Å². The van der Waals surface area contributed by atoms with Crippen molar-refractivity contribution in [3.05, 3.63) is 0 Å². The molecule has 2 heterocycles. The molecule has 2 aliphatic heterocycles. The molecule has 0 radical (unpaired) electrons. The molecule has 3 fully saturated rings. The smallest absolute Gasteiger partial charge is 0.243 e. The maximum atomic E-state index is 12.1. The van der Waals surface area contributed by atoms with Gasteiger partial charge in [-0.1, -0.05) is 0 Å². The number of hydrogen-bond donors (Lipinski definition) is 1. The van der Waals surface area contributed by atoms with Crippen LogP contribution in [0.1, 0.15) is 39.5 Å². The number of nitrogens with one attached hydrogen (secondary N) is 1. The molecule has 0 aromatic rings. The standard InChI is InChI=1S/C14H22N2O3/c1-14(2)6-5-10(19-14)8-16-11(17)7-15-13(18)12(16)9-3-4-9/h9-10,12H,3-8H2,1-2H3,(H,15,18). The highest BCUT2D eigenvalue weighted by molar-refractivity contribution is 5.95. The molecule has 0 bridgehead atoms. The van der Waals surface area contributed by atoms with Crippen LogP contribution >= 0.6 is 0 Å². The average molecular weight is 266 g/mol. The van der Waals surface area contributed by atoms with E-state index in [0.717, 1.165) is 25.7 Å². The Hall–Kier alpha value is -1.10. The molecular formula is C14H22N2O3. The van der Waals surface area contributed by atoms with Crippen molar-refractivity contribution in [1.29, 1.82) is 0 Å². The van der Waals surface area contributed by atoms with Crippen LogP contribution in [0.4, 0.5) is 0 Å². The summed E-state index contributed by atoms with van der Waals surface area (Å²) in [6.07, 6.45) is 4.17. The lowest BCUT2D eigenvalue weighted by atomic mass is 10.0. The summed E-state index contributed by atoms with van der Waals surface area (Å²) in [5, 5.41) is 2.70. The van der Waals surface area contributed by atoms with Gasteiger partial charge in [0.2, 0.25) is 11.8 Å². The lowest BCUT2D eigenvalue weighted by Gasteiger charge is -2.36. The molecule has 0 spiro atoms. The zero-order valence-corrected chi connectivity index (χ0v) is 11.6. The average Bonchev–Trinajstić information content (AvgIpc) is 3.09. The molecule has 19 heavy (non-hydrogen) atoms. The van der Waals surface area contributed by atoms with Crippen molar-refractivity contribution in [2.45, 2.75) is 57.3 Å². The molecule has 106 valence electrons. The molecule has 5 nitrogen and oxygen atoms in total. The van der Waals surface area contributed by atoms with Gasteiger partial charge < -0.3 is 15.0 Å². The van der Waals surface area contributed by atoms with Gasteiger partial charge in [0.05, 0.1) is 18.2 Å². The van der Waals surface area contributed by atoms with E-state index in [1.165, 1.54) is 0 Å². The van der Waals surface area contributed by atoms with Gasteiger partial charge >= 0.3 is 0 Å². The van der Waals surface area contributed by atoms with E-state index >= 15 is 0 Å². The van der Waals surface area contributed by atoms with Gasteiger partial charge in [-0.2, -0.15) is 0 Å². The largest absolute Gasteiger partial charge is 0.371 e. The Labute approximate surface area is 113 Å². The summed E-state index contributed by atoms with van der Waals surface area (Å²) in [4.78, 5) is 25.8. The SMILES string of the molecule is CC1(C)CCC(CN2C(=O)CNC(=O)C2C2CC2)O1. The van der Waals surface area contributed by atoms with E-state index in [0.29, 0.717) is 12.5 Å². The van der Waals surface area contributed by atoms with Crippen molar-refractivity contribution in [2.24, 2.45) is 5.92 Å². The van der Waals surface area contributed by atoms with Gasteiger partial charge in [0.25, 0.3) is 0 Å². The minimum atomic E-state index is -0.256. The third-order valence-corrected chi connectivity index (χ3v) is 4.36. The van der Waals surface area contributed by atoms with Gasteiger partial charge in [-0.25, -0.2) is 0 Å². The zero-order valence-electron chi connectivity index (χ0n) is 11.6. The van der Waals surface area contributed by atoms with Crippen LogP contribution < -0.4 is 5.32 Å². The molecule has 2 amide bonds. The highest BCUT2D eigenvalue weighted by Gasteiger charge is 2.46. The van der Waals surface area contributed by atoms with Gasteiger partial charge in [-0.05, 0) is 45.4 Å². The van der Waals surface area contributed by atoms with Gasteiger partial charge in [0.15, 0.2) is 0 Å². The fourth-order valence-electron chi connectivity index (χ4n) is 3.19. The van der Waals surface area contributed by atoms with Crippen LogP contribution in [0.2, 0.25) is 0 Å². The maximum absolute atomic E-state index is 12.1. The van der Waals surface area contributed by atoms with Crippen molar-refractivity contribution in [3.8, 4) is 0 Å². The highest BCUT2D eigenvalue weighted by Crippen LogP contribution is 2.37. The first kappa shape index (κ1) is 12.9. The first-order valence-corrected chi connectivity index (χ1v) is 7.21. The van der Waals surface area contributed by atoms with Crippen LogP contribution in [0.3, 0.4) is 0 Å². The van der Waals surface area contributed by atoms with E-state index < -0.39 is 0 Å². The molecule has 1 N–H and O–H groups in total. The van der Waals surface area contributed by atoms with E-state index in [9.17, 15) is 9.59 Å². The Kier molecular flexibility index (Phi) is 3.04. The fraction of sp³-hybridized carbons (Fsp3) is 0.857. The second-order valence-electron chi connectivity index (χ2n) is 6.58. The number of amides is 2. The summed E-state index contributed by atoms with van der Waals surface area (Å²) in [5.41, 5.74) is -0.0964. The van der Waals surface area contributed by atoms with E-state index in [4.69, 9.17) is 4.74 Å². The molecule has 1 saturated carbocycles. The van der Waals surface area contributed by atoms with Gasteiger partial charge in [-0.15, -0.1) is 0 Å². The molecule has 2 saturated heterocycles. The molecule has 2 unspecified atom stereocenters. The Balaban J connectivity index is 1.69. The molecule has 0 aromatic heterocycles. The third kappa shape index (κ3) is 2.61. The van der Waals surface area contributed by atoms with Crippen LogP contribution in [0.15, 0.2) is 0 Å². The van der Waals surface area contributed by atoms with Crippen LogP contribution in [-0.4, -0.2) is 47.6 Å². The number of ether oxygens (including phenoxy) is 1. The topological polar surface area (TPSA) is 58.6 Å². The van der Waals surface area contributed by atoms with Crippen LogP contribution in [0, 0.1) is 5.92 Å². The Morgan fingerprint density at radius 3 is 2.63 bits per heavy atom. The zero-order chi connectivity index (χ0) is 13.6. The van der Waals surface area contributed by atoms with Crippen molar-refractivity contribution in [3.63, 3.8) is 0 Å².